The van der Waals surface area contributed by atoms with Gasteiger partial charge < -0.3 is 20.9 Å². The molecule has 1 atom stereocenters. The van der Waals surface area contributed by atoms with Gasteiger partial charge in [-0.2, -0.15) is 0 Å². The van der Waals surface area contributed by atoms with Crippen LogP contribution in [0.4, 0.5) is 11.6 Å². The van der Waals surface area contributed by atoms with Crippen molar-refractivity contribution in [2.75, 3.05) is 37.2 Å². The number of benzene rings is 2. The topological polar surface area (TPSA) is 99.2 Å². The number of nitrogens with one attached hydrogen (secondary N) is 3. The van der Waals surface area contributed by atoms with Gasteiger partial charge in [0, 0.05) is 72.8 Å². The van der Waals surface area contributed by atoms with E-state index < -0.39 is 0 Å². The van der Waals surface area contributed by atoms with Crippen molar-refractivity contribution in [3.8, 4) is 11.3 Å². The highest BCUT2D eigenvalue weighted by Gasteiger charge is 2.21. The van der Waals surface area contributed by atoms with Gasteiger partial charge in [-0.05, 0) is 49.4 Å². The number of nitrogens with zero attached hydrogens (tertiary/aromatic N) is 3. The monoisotopic (exact) mass is 490 g/mol. The van der Waals surface area contributed by atoms with E-state index in [1.54, 1.807) is 18.0 Å². The Labute approximate surface area is 209 Å². The molecule has 0 saturated carbocycles. The second kappa shape index (κ2) is 11.8. The Hall–Kier alpha value is -3.43. The largest absolute Gasteiger partial charge is 0.356 e. The number of carbonyl (C=O) groups is 2. The van der Waals surface area contributed by atoms with Crippen LogP contribution in [0.25, 0.3) is 11.3 Å². The molecule has 0 radical (unpaired) electrons. The Morgan fingerprint density at radius 3 is 2.60 bits per heavy atom. The fourth-order valence-corrected chi connectivity index (χ4v) is 4.59. The number of rotatable bonds is 8. The fraction of sp³-hybridized carbons (Fsp3) is 0.308. The highest BCUT2D eigenvalue weighted by molar-refractivity contribution is 7.99. The average molecular weight is 491 g/mol. The lowest BCUT2D eigenvalue weighted by atomic mass is 10.1. The first-order valence-corrected chi connectivity index (χ1v) is 12.7. The van der Waals surface area contributed by atoms with E-state index in [1.807, 2.05) is 47.4 Å². The van der Waals surface area contributed by atoms with Crippen LogP contribution in [0.2, 0.25) is 0 Å². The highest BCUT2D eigenvalue weighted by Crippen LogP contribution is 2.24. The van der Waals surface area contributed by atoms with Crippen LogP contribution in [0, 0.1) is 0 Å². The van der Waals surface area contributed by atoms with Gasteiger partial charge in [-0.25, -0.2) is 9.97 Å². The second-order valence-corrected chi connectivity index (χ2v) is 9.60. The summed E-state index contributed by atoms with van der Waals surface area (Å²) in [6.45, 7) is 6.52. The number of piperazine rings is 1. The zero-order valence-corrected chi connectivity index (χ0v) is 20.8. The number of anilines is 2. The third kappa shape index (κ3) is 7.03. The molecule has 9 heteroatoms. The van der Waals surface area contributed by atoms with Crippen LogP contribution >= 0.6 is 11.8 Å². The minimum Gasteiger partial charge on any atom is -0.356 e. The molecule has 1 fully saturated rings. The van der Waals surface area contributed by atoms with Crippen LogP contribution < -0.4 is 16.0 Å². The lowest BCUT2D eigenvalue weighted by Gasteiger charge is -2.32. The summed E-state index contributed by atoms with van der Waals surface area (Å²) >= 11 is 1.69. The third-order valence-corrected chi connectivity index (χ3v) is 6.61. The van der Waals surface area contributed by atoms with E-state index in [0.29, 0.717) is 24.1 Å². The van der Waals surface area contributed by atoms with E-state index in [9.17, 15) is 9.59 Å². The Bertz CT molecular complexity index is 1150. The molecule has 4 rings (SSSR count). The lowest BCUT2D eigenvalue weighted by Crippen LogP contribution is -2.51. The number of hydrogen-bond donors (Lipinski definition) is 3. The summed E-state index contributed by atoms with van der Waals surface area (Å²) in [6, 6.07) is 17.8. The normalized spacial score (nSPS) is 15.5. The predicted molar refractivity (Wildman–Crippen MR) is 140 cm³/mol. The number of aromatic nitrogens is 2. The molecule has 2 heterocycles. The van der Waals surface area contributed by atoms with Crippen LogP contribution in [-0.4, -0.2) is 64.7 Å². The van der Waals surface area contributed by atoms with Gasteiger partial charge in [0.15, 0.2) is 0 Å². The molecule has 35 heavy (non-hydrogen) atoms. The molecule has 8 nitrogen and oxygen atoms in total. The Kier molecular flexibility index (Phi) is 8.33. The molecule has 0 bridgehead atoms. The maximum Gasteiger partial charge on any atom is 0.253 e. The summed E-state index contributed by atoms with van der Waals surface area (Å²) in [5.41, 5.74) is 3.30. The molecule has 0 unspecified atom stereocenters. The quantitative estimate of drug-likeness (QED) is 0.328. The van der Waals surface area contributed by atoms with E-state index in [2.05, 4.69) is 45.0 Å². The average Bonchev–Trinajstić information content (AvgIpc) is 2.87. The van der Waals surface area contributed by atoms with Crippen LogP contribution in [0.15, 0.2) is 65.7 Å². The second-order valence-electron chi connectivity index (χ2n) is 8.43. The molecule has 1 saturated heterocycles. The first kappa shape index (κ1) is 24.7. The minimum absolute atomic E-state index is 0.0107. The summed E-state index contributed by atoms with van der Waals surface area (Å²) in [6.07, 6.45) is 1.73. The van der Waals surface area contributed by atoms with E-state index >= 15 is 0 Å². The zero-order valence-electron chi connectivity index (χ0n) is 20.0. The van der Waals surface area contributed by atoms with Crippen molar-refractivity contribution in [2.24, 2.45) is 0 Å². The van der Waals surface area contributed by atoms with Crippen molar-refractivity contribution in [1.29, 1.82) is 0 Å². The van der Waals surface area contributed by atoms with E-state index in [1.165, 1.54) is 6.92 Å². The molecule has 0 aliphatic carbocycles. The van der Waals surface area contributed by atoms with Crippen molar-refractivity contribution in [3.63, 3.8) is 0 Å². The van der Waals surface area contributed by atoms with E-state index in [0.717, 1.165) is 47.2 Å². The summed E-state index contributed by atoms with van der Waals surface area (Å²) in [5, 5.41) is 9.38. The lowest BCUT2D eigenvalue weighted by molar-refractivity contribution is -0.118. The number of hydrogen-bond acceptors (Lipinski definition) is 7. The van der Waals surface area contributed by atoms with Gasteiger partial charge >= 0.3 is 0 Å². The minimum atomic E-state index is -0.0107. The van der Waals surface area contributed by atoms with Crippen molar-refractivity contribution >= 4 is 35.2 Å². The smallest absolute Gasteiger partial charge is 0.253 e. The van der Waals surface area contributed by atoms with Gasteiger partial charge in [0.2, 0.25) is 11.9 Å². The molecule has 0 spiro atoms. The maximum absolute atomic E-state index is 12.8. The van der Waals surface area contributed by atoms with Crippen LogP contribution in [0.5, 0.6) is 0 Å². The third-order valence-electron chi connectivity index (χ3n) is 5.59. The Morgan fingerprint density at radius 1 is 1.11 bits per heavy atom. The summed E-state index contributed by atoms with van der Waals surface area (Å²) in [7, 11) is 0. The number of amides is 2. The van der Waals surface area contributed by atoms with Crippen LogP contribution in [-0.2, 0) is 4.79 Å². The molecular formula is C26H30N6O2S. The van der Waals surface area contributed by atoms with Crippen molar-refractivity contribution in [1.82, 2.24) is 25.5 Å². The first-order chi connectivity index (χ1) is 17.0. The van der Waals surface area contributed by atoms with Gasteiger partial charge in [0.25, 0.3) is 5.91 Å². The van der Waals surface area contributed by atoms with Crippen LogP contribution in [0.3, 0.4) is 0 Å². The molecule has 2 amide bonds. The van der Waals surface area contributed by atoms with E-state index in [-0.39, 0.29) is 11.8 Å². The molecule has 3 N–H and O–H groups in total. The SMILES string of the molecule is CC(=O)NCCSc1ccc(-c2ccnc(Nc3ccc(C(=O)N4CCN[C@H](C)C4)cc3)n2)cc1. The fourth-order valence-electron chi connectivity index (χ4n) is 3.82. The van der Waals surface area contributed by atoms with Gasteiger partial charge in [-0.15, -0.1) is 11.8 Å². The standard InChI is InChI=1S/C26H30N6O2S/c1-18-17-32(15-13-27-18)25(34)21-3-7-22(8-4-21)30-26-29-12-11-24(31-26)20-5-9-23(10-6-20)35-16-14-28-19(2)33/h3-12,18,27H,13-17H2,1-2H3,(H,28,33)(H,29,30,31)/t18-/m1/s1. The zero-order chi connectivity index (χ0) is 24.6. The highest BCUT2D eigenvalue weighted by atomic mass is 32.2. The molecule has 1 aliphatic heterocycles. The molecule has 1 aromatic heterocycles. The molecule has 3 aromatic rings. The predicted octanol–water partition coefficient (Wildman–Crippen LogP) is 3.55. The Morgan fingerprint density at radius 2 is 1.89 bits per heavy atom. The first-order valence-electron chi connectivity index (χ1n) is 11.7. The van der Waals surface area contributed by atoms with Crippen LogP contribution in [0.1, 0.15) is 24.2 Å². The molecule has 1 aliphatic rings. The van der Waals surface area contributed by atoms with E-state index in [4.69, 9.17) is 0 Å². The maximum atomic E-state index is 12.8. The number of carbonyl (C=O) groups excluding carboxylic acids is 2. The van der Waals surface area contributed by atoms with Gasteiger partial charge in [0.05, 0.1) is 5.69 Å². The molecular weight excluding hydrogens is 460 g/mol. The molecule has 2 aromatic carbocycles. The van der Waals surface area contributed by atoms with Gasteiger partial charge in [-0.3, -0.25) is 9.59 Å². The van der Waals surface area contributed by atoms with Crippen molar-refractivity contribution < 1.29 is 9.59 Å². The number of thioether (sulfide) groups is 1. The Balaban J connectivity index is 1.36. The molecule has 182 valence electrons. The summed E-state index contributed by atoms with van der Waals surface area (Å²) in [4.78, 5) is 35.7. The summed E-state index contributed by atoms with van der Waals surface area (Å²) in [5.74, 6) is 1.36. The van der Waals surface area contributed by atoms with Gasteiger partial charge in [0.1, 0.15) is 0 Å². The summed E-state index contributed by atoms with van der Waals surface area (Å²) < 4.78 is 0. The van der Waals surface area contributed by atoms with Crippen molar-refractivity contribution in [3.05, 3.63) is 66.4 Å². The van der Waals surface area contributed by atoms with Gasteiger partial charge in [-0.1, -0.05) is 12.1 Å². The van der Waals surface area contributed by atoms with Crippen molar-refractivity contribution in [2.45, 2.75) is 24.8 Å².